The highest BCUT2D eigenvalue weighted by atomic mass is 19.4. The van der Waals surface area contributed by atoms with E-state index in [1.165, 1.54) is 10.7 Å². The van der Waals surface area contributed by atoms with E-state index in [0.29, 0.717) is 37.8 Å². The number of Topliss-reactive ketones (excluding diaryl/α,β-unsaturated/α-hetero) is 1. The van der Waals surface area contributed by atoms with E-state index in [-0.39, 0.29) is 22.3 Å². The number of rotatable bonds is 6. The van der Waals surface area contributed by atoms with E-state index in [2.05, 4.69) is 5.10 Å². The molecule has 2 rings (SSSR count). The van der Waals surface area contributed by atoms with Crippen molar-refractivity contribution in [3.8, 4) is 6.07 Å². The van der Waals surface area contributed by atoms with E-state index < -0.39 is 11.7 Å². The summed E-state index contributed by atoms with van der Waals surface area (Å²) in [5.41, 5.74) is -0.0582. The van der Waals surface area contributed by atoms with E-state index in [9.17, 15) is 23.2 Å². The molecule has 2 heterocycles. The van der Waals surface area contributed by atoms with Crippen molar-refractivity contribution in [2.75, 3.05) is 0 Å². The fraction of sp³-hybridized carbons (Fsp3) is 0.526. The minimum Gasteiger partial charge on any atom is -0.300 e. The minimum atomic E-state index is -4.47. The molecule has 0 saturated carbocycles. The van der Waals surface area contributed by atoms with Gasteiger partial charge >= 0.3 is 6.18 Å². The Kier molecular flexibility index (Phi) is 5.74. The maximum absolute atomic E-state index is 12.9. The number of nitrogens with zero attached hydrogens (tertiary/aromatic N) is 3. The molecule has 0 fully saturated rings. The number of carbonyl (C=O) groups is 1. The first-order valence-corrected chi connectivity index (χ1v) is 8.51. The maximum atomic E-state index is 12.9. The van der Waals surface area contributed by atoms with Gasteiger partial charge in [-0.05, 0) is 36.8 Å². The van der Waals surface area contributed by atoms with E-state index in [0.717, 1.165) is 12.1 Å². The van der Waals surface area contributed by atoms with E-state index in [1.807, 2.05) is 26.8 Å². The van der Waals surface area contributed by atoms with Crippen molar-refractivity contribution in [2.45, 2.75) is 59.1 Å². The first-order chi connectivity index (χ1) is 12.0. The summed E-state index contributed by atoms with van der Waals surface area (Å²) in [6, 6.07) is 3.85. The number of unbranched alkanes of at least 4 members (excludes halogenated alkanes) is 1. The molecule has 7 heteroatoms. The molecule has 26 heavy (non-hydrogen) atoms. The van der Waals surface area contributed by atoms with Crippen LogP contribution in [-0.2, 0) is 17.4 Å². The molecule has 0 aromatic carbocycles. The minimum absolute atomic E-state index is 0.0388. The van der Waals surface area contributed by atoms with Gasteiger partial charge in [0.05, 0.1) is 16.8 Å². The molecule has 0 radical (unpaired) electrons. The van der Waals surface area contributed by atoms with Crippen molar-refractivity contribution >= 4 is 11.3 Å². The molecule has 0 aliphatic heterocycles. The number of halogens is 3. The van der Waals surface area contributed by atoms with Crippen LogP contribution in [0.25, 0.3) is 5.52 Å². The molecule has 0 bridgehead atoms. The number of hydrogen-bond donors (Lipinski definition) is 0. The third-order valence-corrected chi connectivity index (χ3v) is 3.99. The van der Waals surface area contributed by atoms with Crippen LogP contribution in [0.4, 0.5) is 13.2 Å². The molecule has 2 aromatic heterocycles. The number of carbonyl (C=O) groups excluding carboxylic acids is 1. The van der Waals surface area contributed by atoms with E-state index >= 15 is 0 Å². The van der Waals surface area contributed by atoms with Crippen LogP contribution in [0.1, 0.15) is 63.3 Å². The van der Waals surface area contributed by atoms with Gasteiger partial charge in [0.25, 0.3) is 0 Å². The number of aromatic nitrogens is 2. The summed E-state index contributed by atoms with van der Waals surface area (Å²) >= 11 is 0. The molecule has 0 saturated heterocycles. The smallest absolute Gasteiger partial charge is 0.300 e. The predicted molar refractivity (Wildman–Crippen MR) is 91.5 cm³/mol. The van der Waals surface area contributed by atoms with Crippen molar-refractivity contribution in [3.63, 3.8) is 0 Å². The first kappa shape index (κ1) is 20.0. The van der Waals surface area contributed by atoms with Crippen LogP contribution in [0.15, 0.2) is 18.3 Å². The van der Waals surface area contributed by atoms with Crippen molar-refractivity contribution in [1.29, 1.82) is 5.26 Å². The number of nitriles is 1. The Morgan fingerprint density at radius 3 is 2.54 bits per heavy atom. The fourth-order valence-electron chi connectivity index (χ4n) is 2.86. The summed E-state index contributed by atoms with van der Waals surface area (Å²) < 4.78 is 39.9. The molecule has 0 unspecified atom stereocenters. The standard InChI is InChI=1S/C19H22F3N3O/c1-18(2,3)11-14(26)6-4-5-7-16-15(12-23)17-10-13(19(20,21)22)8-9-25(17)24-16/h8-10H,4-7,11H2,1-3H3. The number of aryl methyl sites for hydroxylation is 1. The first-order valence-electron chi connectivity index (χ1n) is 8.51. The molecule has 0 aliphatic rings. The summed E-state index contributed by atoms with van der Waals surface area (Å²) in [5.74, 6) is 0.197. The van der Waals surface area contributed by atoms with Crippen molar-refractivity contribution in [1.82, 2.24) is 9.61 Å². The molecule has 4 nitrogen and oxygen atoms in total. The van der Waals surface area contributed by atoms with Crippen LogP contribution in [0.2, 0.25) is 0 Å². The van der Waals surface area contributed by atoms with Gasteiger partial charge in [-0.3, -0.25) is 4.79 Å². The Bertz CT molecular complexity index is 839. The molecule has 140 valence electrons. The number of pyridine rings is 1. The second kappa shape index (κ2) is 7.48. The van der Waals surface area contributed by atoms with Gasteiger partial charge in [-0.2, -0.15) is 23.5 Å². The Morgan fingerprint density at radius 2 is 1.96 bits per heavy atom. The fourth-order valence-corrected chi connectivity index (χ4v) is 2.86. The van der Waals surface area contributed by atoms with Crippen LogP contribution in [0.5, 0.6) is 0 Å². The predicted octanol–water partition coefficient (Wildman–Crippen LogP) is 4.94. The number of alkyl halides is 3. The zero-order chi connectivity index (χ0) is 19.5. The SMILES string of the molecule is CC(C)(C)CC(=O)CCCCc1nn2ccc(C(F)(F)F)cc2c1C#N. The van der Waals surface area contributed by atoms with Crippen LogP contribution < -0.4 is 0 Å². The third-order valence-electron chi connectivity index (χ3n) is 3.99. The molecule has 2 aromatic rings. The van der Waals surface area contributed by atoms with Crippen molar-refractivity contribution in [2.24, 2.45) is 5.41 Å². The highest BCUT2D eigenvalue weighted by molar-refractivity contribution is 5.78. The zero-order valence-corrected chi connectivity index (χ0v) is 15.2. The van der Waals surface area contributed by atoms with E-state index in [4.69, 9.17) is 0 Å². The lowest BCUT2D eigenvalue weighted by atomic mass is 9.88. The topological polar surface area (TPSA) is 58.2 Å². The summed E-state index contributed by atoms with van der Waals surface area (Å²) in [6.45, 7) is 6.03. The second-order valence-corrected chi connectivity index (χ2v) is 7.66. The number of ketones is 1. The molecule has 0 amide bonds. The molecule has 0 spiro atoms. The Hall–Kier alpha value is -2.36. The zero-order valence-electron chi connectivity index (χ0n) is 15.2. The highest BCUT2D eigenvalue weighted by Gasteiger charge is 2.31. The van der Waals surface area contributed by atoms with Crippen molar-refractivity contribution < 1.29 is 18.0 Å². The Balaban J connectivity index is 2.06. The van der Waals surface area contributed by atoms with E-state index in [1.54, 1.807) is 0 Å². The van der Waals surface area contributed by atoms with Crippen molar-refractivity contribution in [3.05, 3.63) is 35.2 Å². The number of fused-ring (bicyclic) bond motifs is 1. The summed E-state index contributed by atoms with van der Waals surface area (Å²) in [5, 5.41) is 13.6. The summed E-state index contributed by atoms with van der Waals surface area (Å²) in [4.78, 5) is 11.9. The Morgan fingerprint density at radius 1 is 1.27 bits per heavy atom. The molecular formula is C19H22F3N3O. The van der Waals surface area contributed by atoms with Crippen LogP contribution in [0.3, 0.4) is 0 Å². The van der Waals surface area contributed by atoms with Gasteiger partial charge in [0.15, 0.2) is 0 Å². The average Bonchev–Trinajstić information content (AvgIpc) is 2.85. The molecule has 0 atom stereocenters. The van der Waals surface area contributed by atoms with Gasteiger partial charge < -0.3 is 0 Å². The summed E-state index contributed by atoms with van der Waals surface area (Å²) in [7, 11) is 0. The highest BCUT2D eigenvalue weighted by Crippen LogP contribution is 2.31. The second-order valence-electron chi connectivity index (χ2n) is 7.66. The summed E-state index contributed by atoms with van der Waals surface area (Å²) in [6.07, 6.45) is -0.492. The Labute approximate surface area is 150 Å². The van der Waals surface area contributed by atoms with Gasteiger partial charge in [0.2, 0.25) is 0 Å². The van der Waals surface area contributed by atoms with Gasteiger partial charge in [-0.1, -0.05) is 20.8 Å². The quantitative estimate of drug-likeness (QED) is 0.681. The molecule has 0 N–H and O–H groups in total. The molecular weight excluding hydrogens is 343 g/mol. The monoisotopic (exact) mass is 365 g/mol. The third kappa shape index (κ3) is 5.07. The largest absolute Gasteiger partial charge is 0.416 e. The normalized spacial score (nSPS) is 12.3. The van der Waals surface area contributed by atoms with Crippen LogP contribution in [0, 0.1) is 16.7 Å². The lowest BCUT2D eigenvalue weighted by molar-refractivity contribution is -0.137. The molecule has 0 aliphatic carbocycles. The number of hydrogen-bond acceptors (Lipinski definition) is 3. The van der Waals surface area contributed by atoms with Gasteiger partial charge in [0.1, 0.15) is 17.4 Å². The lowest BCUT2D eigenvalue weighted by Gasteiger charge is -2.16. The maximum Gasteiger partial charge on any atom is 0.416 e. The average molecular weight is 365 g/mol. The van der Waals surface area contributed by atoms with Gasteiger partial charge in [-0.25, -0.2) is 4.52 Å². The van der Waals surface area contributed by atoms with Gasteiger partial charge in [-0.15, -0.1) is 0 Å². The van der Waals surface area contributed by atoms with Gasteiger partial charge in [0, 0.05) is 19.0 Å². The van der Waals surface area contributed by atoms with Crippen LogP contribution >= 0.6 is 0 Å². The lowest BCUT2D eigenvalue weighted by Crippen LogP contribution is -2.12. The van der Waals surface area contributed by atoms with Crippen LogP contribution in [-0.4, -0.2) is 15.4 Å².